The highest BCUT2D eigenvalue weighted by Crippen LogP contribution is 2.25. The molecule has 0 spiro atoms. The Labute approximate surface area is 127 Å². The summed E-state index contributed by atoms with van der Waals surface area (Å²) in [6.45, 7) is 10.9. The molecule has 0 bridgehead atoms. The molecule has 21 heavy (non-hydrogen) atoms. The molecular weight excluding hydrogens is 266 g/mol. The molecule has 0 heterocycles. The zero-order valence-electron chi connectivity index (χ0n) is 13.1. The average molecular weight is 291 g/mol. The van der Waals surface area contributed by atoms with Crippen LogP contribution in [-0.4, -0.2) is 25.7 Å². The highest BCUT2D eigenvalue weighted by molar-refractivity contribution is 5.82. The van der Waals surface area contributed by atoms with Crippen LogP contribution in [0.2, 0.25) is 0 Å². The van der Waals surface area contributed by atoms with Crippen molar-refractivity contribution in [1.82, 2.24) is 5.32 Å². The second-order valence-corrected chi connectivity index (χ2v) is 4.89. The molecule has 4 nitrogen and oxygen atoms in total. The summed E-state index contributed by atoms with van der Waals surface area (Å²) in [4.78, 5) is 12.3. The third kappa shape index (κ3) is 4.60. The number of ether oxygens (including phenoxy) is 2. The third-order valence-electron chi connectivity index (χ3n) is 3.19. The van der Waals surface area contributed by atoms with Crippen molar-refractivity contribution >= 4 is 5.97 Å². The minimum Gasteiger partial charge on any atom is -0.494 e. The Morgan fingerprint density at radius 3 is 2.52 bits per heavy atom. The standard InChI is InChI=1S/C17H25NO3/c1-5-12-18-17(4,16(19)20-7-3)14-8-10-15(11-9-14)21-13-6-2/h5,8-11,18H,1,6-7,12-13H2,2-4H3. The van der Waals surface area contributed by atoms with E-state index in [0.29, 0.717) is 19.8 Å². The SMILES string of the molecule is C=CCNC(C)(C(=O)OCC)c1ccc(OCCC)cc1. The van der Waals surface area contributed by atoms with Gasteiger partial charge < -0.3 is 9.47 Å². The molecule has 1 rings (SSSR count). The molecule has 1 atom stereocenters. The van der Waals surface area contributed by atoms with Crippen LogP contribution in [0.15, 0.2) is 36.9 Å². The number of hydrogen-bond acceptors (Lipinski definition) is 4. The van der Waals surface area contributed by atoms with E-state index in [1.165, 1.54) is 0 Å². The lowest BCUT2D eigenvalue weighted by molar-refractivity contribution is -0.150. The summed E-state index contributed by atoms with van der Waals surface area (Å²) in [5, 5.41) is 3.18. The molecule has 4 heteroatoms. The van der Waals surface area contributed by atoms with Gasteiger partial charge in [0.05, 0.1) is 13.2 Å². The van der Waals surface area contributed by atoms with Crippen LogP contribution < -0.4 is 10.1 Å². The molecule has 0 amide bonds. The van der Waals surface area contributed by atoms with Crippen molar-refractivity contribution in [2.24, 2.45) is 0 Å². The smallest absolute Gasteiger partial charge is 0.330 e. The molecule has 116 valence electrons. The van der Waals surface area contributed by atoms with Crippen LogP contribution in [-0.2, 0) is 15.1 Å². The highest BCUT2D eigenvalue weighted by Gasteiger charge is 2.35. The molecule has 0 aliphatic rings. The Bertz CT molecular complexity index is 456. The van der Waals surface area contributed by atoms with E-state index in [2.05, 4.69) is 18.8 Å². The van der Waals surface area contributed by atoms with Gasteiger partial charge in [0.25, 0.3) is 0 Å². The molecule has 0 fully saturated rings. The molecular formula is C17H25NO3. The van der Waals surface area contributed by atoms with Gasteiger partial charge in [-0.2, -0.15) is 0 Å². The molecule has 0 aromatic heterocycles. The molecule has 0 aliphatic heterocycles. The predicted molar refractivity (Wildman–Crippen MR) is 84.4 cm³/mol. The fourth-order valence-electron chi connectivity index (χ4n) is 1.95. The quantitative estimate of drug-likeness (QED) is 0.561. The predicted octanol–water partition coefficient (Wildman–Crippen LogP) is 3.03. The number of benzene rings is 1. The van der Waals surface area contributed by atoms with Crippen molar-refractivity contribution in [3.8, 4) is 5.75 Å². The lowest BCUT2D eigenvalue weighted by Gasteiger charge is -2.28. The van der Waals surface area contributed by atoms with E-state index in [1.54, 1.807) is 13.0 Å². The van der Waals surface area contributed by atoms with E-state index in [-0.39, 0.29) is 5.97 Å². The summed E-state index contributed by atoms with van der Waals surface area (Å²) in [6.07, 6.45) is 2.68. The Morgan fingerprint density at radius 1 is 1.33 bits per heavy atom. The van der Waals surface area contributed by atoms with Gasteiger partial charge in [-0.25, -0.2) is 4.79 Å². The molecule has 1 N–H and O–H groups in total. The molecule has 0 saturated carbocycles. The summed E-state index contributed by atoms with van der Waals surface area (Å²) in [7, 11) is 0. The minimum absolute atomic E-state index is 0.297. The first-order chi connectivity index (χ1) is 10.1. The van der Waals surface area contributed by atoms with Gasteiger partial charge in [-0.1, -0.05) is 25.1 Å². The van der Waals surface area contributed by atoms with Crippen LogP contribution in [0.25, 0.3) is 0 Å². The minimum atomic E-state index is -0.895. The lowest BCUT2D eigenvalue weighted by atomic mass is 9.92. The maximum absolute atomic E-state index is 12.3. The van der Waals surface area contributed by atoms with Crippen molar-refractivity contribution in [3.63, 3.8) is 0 Å². The Balaban J connectivity index is 2.96. The van der Waals surface area contributed by atoms with Crippen LogP contribution in [0, 0.1) is 0 Å². The van der Waals surface area contributed by atoms with E-state index in [1.807, 2.05) is 31.2 Å². The van der Waals surface area contributed by atoms with E-state index in [0.717, 1.165) is 17.7 Å². The van der Waals surface area contributed by atoms with E-state index in [9.17, 15) is 4.79 Å². The van der Waals surface area contributed by atoms with Gasteiger partial charge >= 0.3 is 5.97 Å². The highest BCUT2D eigenvalue weighted by atomic mass is 16.5. The molecule has 0 radical (unpaired) electrons. The Morgan fingerprint density at radius 2 is 2.00 bits per heavy atom. The summed E-state index contributed by atoms with van der Waals surface area (Å²) >= 11 is 0. The Kier molecular flexibility index (Phi) is 6.96. The van der Waals surface area contributed by atoms with Gasteiger partial charge in [0, 0.05) is 6.54 Å². The van der Waals surface area contributed by atoms with Crippen molar-refractivity contribution in [1.29, 1.82) is 0 Å². The van der Waals surface area contributed by atoms with E-state index in [4.69, 9.17) is 9.47 Å². The fourth-order valence-corrected chi connectivity index (χ4v) is 1.95. The largest absolute Gasteiger partial charge is 0.494 e. The van der Waals surface area contributed by atoms with Gasteiger partial charge in [0.15, 0.2) is 0 Å². The maximum Gasteiger partial charge on any atom is 0.330 e. The Hall–Kier alpha value is -1.81. The molecule has 1 aromatic rings. The molecule has 0 saturated heterocycles. The van der Waals surface area contributed by atoms with Gasteiger partial charge in [0.1, 0.15) is 11.3 Å². The monoisotopic (exact) mass is 291 g/mol. The van der Waals surface area contributed by atoms with Crippen molar-refractivity contribution in [2.75, 3.05) is 19.8 Å². The van der Waals surface area contributed by atoms with Gasteiger partial charge in [-0.05, 0) is 38.0 Å². The van der Waals surface area contributed by atoms with E-state index < -0.39 is 5.54 Å². The normalized spacial score (nSPS) is 13.3. The second kappa shape index (κ2) is 8.47. The number of nitrogens with one attached hydrogen (secondary N) is 1. The van der Waals surface area contributed by atoms with Crippen LogP contribution in [0.4, 0.5) is 0 Å². The number of carbonyl (C=O) groups is 1. The zero-order chi connectivity index (χ0) is 15.7. The molecule has 1 aromatic carbocycles. The summed E-state index contributed by atoms with van der Waals surface area (Å²) in [5.74, 6) is 0.504. The number of carbonyl (C=O) groups excluding carboxylic acids is 1. The molecule has 0 aliphatic carbocycles. The fraction of sp³-hybridized carbons (Fsp3) is 0.471. The van der Waals surface area contributed by atoms with Gasteiger partial charge in [0.2, 0.25) is 0 Å². The van der Waals surface area contributed by atoms with Crippen LogP contribution in [0.5, 0.6) is 5.75 Å². The lowest BCUT2D eigenvalue weighted by Crippen LogP contribution is -2.47. The van der Waals surface area contributed by atoms with E-state index >= 15 is 0 Å². The average Bonchev–Trinajstić information content (AvgIpc) is 2.51. The molecule has 1 unspecified atom stereocenters. The van der Waals surface area contributed by atoms with Crippen molar-refractivity contribution in [2.45, 2.75) is 32.7 Å². The summed E-state index contributed by atoms with van der Waals surface area (Å²) in [6, 6.07) is 7.52. The zero-order valence-corrected chi connectivity index (χ0v) is 13.1. The van der Waals surface area contributed by atoms with Crippen molar-refractivity contribution < 1.29 is 14.3 Å². The number of rotatable bonds is 9. The number of hydrogen-bond donors (Lipinski definition) is 1. The first-order valence-corrected chi connectivity index (χ1v) is 7.35. The summed E-state index contributed by atoms with van der Waals surface area (Å²) < 4.78 is 10.7. The van der Waals surface area contributed by atoms with Crippen LogP contribution in [0.1, 0.15) is 32.8 Å². The maximum atomic E-state index is 12.3. The van der Waals surface area contributed by atoms with Gasteiger partial charge in [-0.3, -0.25) is 5.32 Å². The summed E-state index contributed by atoms with van der Waals surface area (Å²) in [5.41, 5.74) is -0.0559. The topological polar surface area (TPSA) is 47.6 Å². The van der Waals surface area contributed by atoms with Crippen LogP contribution >= 0.6 is 0 Å². The second-order valence-electron chi connectivity index (χ2n) is 4.89. The first kappa shape index (κ1) is 17.2. The van der Waals surface area contributed by atoms with Crippen LogP contribution in [0.3, 0.4) is 0 Å². The van der Waals surface area contributed by atoms with Crippen molar-refractivity contribution in [3.05, 3.63) is 42.5 Å². The number of esters is 1. The third-order valence-corrected chi connectivity index (χ3v) is 3.19. The van der Waals surface area contributed by atoms with Gasteiger partial charge in [-0.15, -0.1) is 6.58 Å². The first-order valence-electron chi connectivity index (χ1n) is 7.35.